The lowest BCUT2D eigenvalue weighted by Crippen LogP contribution is -2.19. The summed E-state index contributed by atoms with van der Waals surface area (Å²) in [5.41, 5.74) is 4.41. The van der Waals surface area contributed by atoms with Crippen molar-refractivity contribution in [2.45, 2.75) is 31.5 Å². The van der Waals surface area contributed by atoms with E-state index in [4.69, 9.17) is 3.79 Å². The van der Waals surface area contributed by atoms with E-state index in [0.717, 1.165) is 6.61 Å². The molecule has 1 aliphatic heterocycles. The van der Waals surface area contributed by atoms with Gasteiger partial charge in [-0.3, -0.25) is 0 Å². The average Bonchev–Trinajstić information content (AvgIpc) is 2.23. The molecule has 0 N–H and O–H groups in total. The first kappa shape index (κ1) is 10.2. The Morgan fingerprint density at radius 3 is 2.93 bits per heavy atom. The van der Waals surface area contributed by atoms with E-state index in [1.165, 1.54) is 29.5 Å². The minimum absolute atomic E-state index is 0.175. The van der Waals surface area contributed by atoms with E-state index in [0.29, 0.717) is 4.78 Å². The van der Waals surface area contributed by atoms with Gasteiger partial charge in [0, 0.05) is 6.61 Å². The number of hydrogen-bond donors (Lipinski definition) is 0. The second-order valence-corrected chi connectivity index (χ2v) is 5.45. The maximum atomic E-state index is 5.61. The Hall–Kier alpha value is -0.288. The van der Waals surface area contributed by atoms with Gasteiger partial charge < -0.3 is 3.79 Å². The van der Waals surface area contributed by atoms with E-state index in [2.05, 4.69) is 32.0 Å². The number of benzene rings is 1. The summed E-state index contributed by atoms with van der Waals surface area (Å²) < 4.78 is 6.33. The van der Waals surface area contributed by atoms with Crippen LogP contribution in [-0.4, -0.2) is 22.2 Å². The van der Waals surface area contributed by atoms with Gasteiger partial charge in [0.1, 0.15) is 0 Å². The summed E-state index contributed by atoms with van der Waals surface area (Å²) in [4.78, 5) is 0. The Morgan fingerprint density at radius 2 is 2.21 bits per heavy atom. The van der Waals surface area contributed by atoms with Crippen molar-refractivity contribution in [3.63, 3.8) is 0 Å². The molecule has 1 aromatic carbocycles. The van der Waals surface area contributed by atoms with Crippen molar-refractivity contribution in [3.05, 3.63) is 34.9 Å². The first-order chi connectivity index (χ1) is 6.79. The van der Waals surface area contributed by atoms with Gasteiger partial charge in [-0.2, -0.15) is 0 Å². The van der Waals surface area contributed by atoms with Gasteiger partial charge in [-0.05, 0) is 36.2 Å². The summed E-state index contributed by atoms with van der Waals surface area (Å²) in [7, 11) is 0. The molecule has 1 nitrogen and oxygen atoms in total. The lowest BCUT2D eigenvalue weighted by molar-refractivity contribution is 0.288. The molecule has 14 heavy (non-hydrogen) atoms. The predicted octanol–water partition coefficient (Wildman–Crippen LogP) is 2.77. The second kappa shape index (κ2) is 4.49. The van der Waals surface area contributed by atoms with Crippen LogP contribution in [0.15, 0.2) is 18.2 Å². The van der Waals surface area contributed by atoms with Crippen LogP contribution in [0.1, 0.15) is 34.3 Å². The Kier molecular flexibility index (Phi) is 3.28. The maximum absolute atomic E-state index is 5.61. The summed E-state index contributed by atoms with van der Waals surface area (Å²) in [6, 6.07) is 6.64. The molecule has 73 valence electrons. The molecule has 0 amide bonds. The zero-order valence-corrected chi connectivity index (χ0v) is 10.1. The second-order valence-electron chi connectivity index (χ2n) is 4.04. The first-order valence-electron chi connectivity index (χ1n) is 5.30. The van der Waals surface area contributed by atoms with Crippen molar-refractivity contribution in [1.82, 2.24) is 0 Å². The minimum atomic E-state index is 0.175. The topological polar surface area (TPSA) is 9.23 Å². The van der Waals surface area contributed by atoms with Gasteiger partial charge in [-0.25, -0.2) is 0 Å². The van der Waals surface area contributed by atoms with E-state index in [-0.39, 0.29) is 15.6 Å². The maximum Gasteiger partial charge on any atom is 0.431 e. The molecule has 1 aliphatic rings. The van der Waals surface area contributed by atoms with Gasteiger partial charge in [0.25, 0.3) is 0 Å². The number of hydrogen-bond acceptors (Lipinski definition) is 1. The lowest BCUT2D eigenvalue weighted by Gasteiger charge is -2.23. The van der Waals surface area contributed by atoms with Crippen molar-refractivity contribution >= 4 is 15.6 Å². The Bertz CT molecular complexity index is 316. The quantitative estimate of drug-likeness (QED) is 0.638. The third-order valence-electron chi connectivity index (χ3n) is 3.08. The van der Waals surface area contributed by atoms with Crippen molar-refractivity contribution in [3.8, 4) is 0 Å². The van der Waals surface area contributed by atoms with Gasteiger partial charge in [0.15, 0.2) is 0 Å². The van der Waals surface area contributed by atoms with Gasteiger partial charge in [-0.15, -0.1) is 0 Å². The van der Waals surface area contributed by atoms with E-state index in [9.17, 15) is 0 Å². The normalized spacial score (nSPS) is 21.7. The standard InChI is InChI=1S/C12H16O.Al/c1-10-6-5-8-12(11(10)2)7-3-4-9-13;/h5-8H,3-4,9H2,1-2H3;/q-1;+1. The average molecular weight is 203 g/mol. The molecule has 2 rings (SSSR count). The summed E-state index contributed by atoms with van der Waals surface area (Å²) in [5, 5.41) is 0. The van der Waals surface area contributed by atoms with Crippen LogP contribution in [0.4, 0.5) is 0 Å². The van der Waals surface area contributed by atoms with Gasteiger partial charge in [0.2, 0.25) is 0 Å². The molecule has 2 heteroatoms. The van der Waals surface area contributed by atoms with Crippen LogP contribution in [0.25, 0.3) is 0 Å². The van der Waals surface area contributed by atoms with E-state index in [1.54, 1.807) is 0 Å². The van der Waals surface area contributed by atoms with Crippen LogP contribution in [0.3, 0.4) is 0 Å². The fourth-order valence-corrected chi connectivity index (χ4v) is 3.46. The number of rotatable bonds is 1. The molecule has 0 bridgehead atoms. The third kappa shape index (κ3) is 2.03. The molecular weight excluding hydrogens is 187 g/mol. The molecule has 1 heterocycles. The molecule has 0 spiro atoms. The summed E-state index contributed by atoms with van der Waals surface area (Å²) >= 11 is 0.175. The minimum Gasteiger partial charge on any atom is -0.506 e. The smallest absolute Gasteiger partial charge is 0.431 e. The Balaban J connectivity index is 2.26. The Labute approximate surface area is 92.5 Å². The van der Waals surface area contributed by atoms with Crippen LogP contribution in [-0.2, 0) is 3.79 Å². The monoisotopic (exact) mass is 203 g/mol. The lowest BCUT2D eigenvalue weighted by atomic mass is 9.98. The van der Waals surface area contributed by atoms with Crippen LogP contribution in [0, 0.1) is 13.8 Å². The van der Waals surface area contributed by atoms with E-state index >= 15 is 0 Å². The molecule has 1 atom stereocenters. The third-order valence-corrected chi connectivity index (χ3v) is 4.53. The molecule has 0 saturated carbocycles. The zero-order chi connectivity index (χ0) is 9.97. The molecule has 1 fully saturated rings. The van der Waals surface area contributed by atoms with E-state index in [1.807, 2.05) is 0 Å². The molecule has 1 aromatic rings. The van der Waals surface area contributed by atoms with Crippen molar-refractivity contribution in [1.29, 1.82) is 0 Å². The molecule has 1 saturated heterocycles. The zero-order valence-electron chi connectivity index (χ0n) is 8.92. The van der Waals surface area contributed by atoms with Gasteiger partial charge >= 0.3 is 15.6 Å². The summed E-state index contributed by atoms with van der Waals surface area (Å²) in [6.07, 6.45) is 2.55. The highest BCUT2D eigenvalue weighted by atomic mass is 27.1. The van der Waals surface area contributed by atoms with Crippen molar-refractivity contribution in [2.75, 3.05) is 6.61 Å². The summed E-state index contributed by atoms with van der Waals surface area (Å²) in [6.45, 7) is 5.41. The Morgan fingerprint density at radius 1 is 1.36 bits per heavy atom. The van der Waals surface area contributed by atoms with Crippen LogP contribution < -0.4 is 0 Å². The first-order valence-corrected chi connectivity index (χ1v) is 6.44. The van der Waals surface area contributed by atoms with E-state index < -0.39 is 0 Å². The highest BCUT2D eigenvalue weighted by molar-refractivity contribution is 6.30. The molecular formula is C12H16AlO. The molecule has 1 radical (unpaired) electrons. The number of aryl methyl sites for hydroxylation is 1. The molecule has 0 aromatic heterocycles. The summed E-state index contributed by atoms with van der Waals surface area (Å²) in [5.74, 6) is 0. The van der Waals surface area contributed by atoms with Crippen LogP contribution in [0.2, 0.25) is 0 Å². The van der Waals surface area contributed by atoms with Crippen LogP contribution >= 0.6 is 0 Å². The van der Waals surface area contributed by atoms with Gasteiger partial charge in [-0.1, -0.05) is 30.2 Å². The highest BCUT2D eigenvalue weighted by Crippen LogP contribution is 2.27. The SMILES string of the molecule is Cc1cccc([CH]2CCC[O][Al]2)c1C. The fourth-order valence-electron chi connectivity index (χ4n) is 2.04. The predicted molar refractivity (Wildman–Crippen MR) is 59.6 cm³/mol. The largest absolute Gasteiger partial charge is 0.506 e. The van der Waals surface area contributed by atoms with Gasteiger partial charge in [0.05, 0.1) is 0 Å². The van der Waals surface area contributed by atoms with Crippen molar-refractivity contribution in [2.24, 2.45) is 0 Å². The fraction of sp³-hybridized carbons (Fsp3) is 0.500. The van der Waals surface area contributed by atoms with Crippen molar-refractivity contribution < 1.29 is 3.79 Å². The molecule has 1 unspecified atom stereocenters. The van der Waals surface area contributed by atoms with Crippen LogP contribution in [0.5, 0.6) is 0 Å². The highest BCUT2D eigenvalue weighted by Gasteiger charge is 2.20. The molecule has 0 aliphatic carbocycles.